The number of carbonyl (C=O) groups excluding carboxylic acids is 1. The molecular formula is C16H15Cl2N3O. The molecule has 4 nitrogen and oxygen atoms in total. The summed E-state index contributed by atoms with van der Waals surface area (Å²) in [7, 11) is 0. The summed E-state index contributed by atoms with van der Waals surface area (Å²) < 4.78 is 0. The first-order valence-corrected chi connectivity index (χ1v) is 7.86. The Morgan fingerprint density at radius 3 is 2.50 bits per heavy atom. The Bertz CT molecular complexity index is 682. The molecule has 1 amide bonds. The van der Waals surface area contributed by atoms with Crippen LogP contribution in [0.5, 0.6) is 0 Å². The molecule has 1 aromatic heterocycles. The van der Waals surface area contributed by atoms with Crippen LogP contribution in [0.2, 0.25) is 10.0 Å². The molecule has 0 saturated carbocycles. The zero-order valence-corrected chi connectivity index (χ0v) is 13.4. The number of hydrogen-bond donors (Lipinski definition) is 1. The number of halogens is 2. The van der Waals surface area contributed by atoms with Crippen LogP contribution in [0.25, 0.3) is 0 Å². The van der Waals surface area contributed by atoms with Crippen molar-refractivity contribution in [1.82, 2.24) is 4.98 Å². The molecule has 0 bridgehead atoms. The van der Waals surface area contributed by atoms with Crippen LogP contribution in [0.15, 0.2) is 36.5 Å². The van der Waals surface area contributed by atoms with Crippen molar-refractivity contribution in [1.29, 1.82) is 0 Å². The second kappa shape index (κ2) is 6.55. The molecule has 0 spiro atoms. The Balaban J connectivity index is 1.70. The lowest BCUT2D eigenvalue weighted by atomic mass is 10.2. The summed E-state index contributed by atoms with van der Waals surface area (Å²) >= 11 is 11.8. The molecular weight excluding hydrogens is 321 g/mol. The van der Waals surface area contributed by atoms with Crippen LogP contribution in [0.3, 0.4) is 0 Å². The highest BCUT2D eigenvalue weighted by Gasteiger charge is 2.14. The van der Waals surface area contributed by atoms with Crippen molar-refractivity contribution in [2.75, 3.05) is 23.3 Å². The first-order valence-electron chi connectivity index (χ1n) is 7.11. The molecule has 1 aromatic carbocycles. The average Bonchev–Trinajstić information content (AvgIpc) is 3.05. The van der Waals surface area contributed by atoms with Gasteiger partial charge in [-0.25, -0.2) is 4.98 Å². The van der Waals surface area contributed by atoms with Crippen molar-refractivity contribution in [2.45, 2.75) is 12.8 Å². The van der Waals surface area contributed by atoms with Gasteiger partial charge in [-0.2, -0.15) is 0 Å². The average molecular weight is 336 g/mol. The Kier molecular flexibility index (Phi) is 4.50. The van der Waals surface area contributed by atoms with Gasteiger partial charge in [0.1, 0.15) is 5.69 Å². The predicted octanol–water partition coefficient (Wildman–Crippen LogP) is 4.24. The van der Waals surface area contributed by atoms with E-state index in [1.54, 1.807) is 30.5 Å². The van der Waals surface area contributed by atoms with Gasteiger partial charge in [0.05, 0.1) is 21.9 Å². The molecule has 3 rings (SSSR count). The Hall–Kier alpha value is -1.78. The molecule has 2 heterocycles. The van der Waals surface area contributed by atoms with Crippen molar-refractivity contribution in [3.63, 3.8) is 0 Å². The first kappa shape index (κ1) is 15.1. The Morgan fingerprint density at radius 2 is 1.86 bits per heavy atom. The third-order valence-electron chi connectivity index (χ3n) is 3.63. The number of nitrogens with one attached hydrogen (secondary N) is 1. The lowest BCUT2D eigenvalue weighted by Gasteiger charge is -2.17. The summed E-state index contributed by atoms with van der Waals surface area (Å²) in [6.07, 6.45) is 4.16. The molecule has 1 aliphatic rings. The van der Waals surface area contributed by atoms with Crippen molar-refractivity contribution < 1.29 is 4.79 Å². The smallest absolute Gasteiger partial charge is 0.274 e. The van der Waals surface area contributed by atoms with Crippen LogP contribution < -0.4 is 10.2 Å². The number of hydrogen-bond acceptors (Lipinski definition) is 3. The molecule has 0 radical (unpaired) electrons. The van der Waals surface area contributed by atoms with Crippen LogP contribution in [-0.4, -0.2) is 24.0 Å². The summed E-state index contributed by atoms with van der Waals surface area (Å²) in [5.41, 5.74) is 2.02. The van der Waals surface area contributed by atoms with Crippen molar-refractivity contribution in [2.24, 2.45) is 0 Å². The van der Waals surface area contributed by atoms with Crippen molar-refractivity contribution in [3.05, 3.63) is 52.3 Å². The van der Waals surface area contributed by atoms with E-state index in [4.69, 9.17) is 23.2 Å². The van der Waals surface area contributed by atoms with Crippen LogP contribution in [-0.2, 0) is 0 Å². The van der Waals surface area contributed by atoms with Gasteiger partial charge in [0.15, 0.2) is 0 Å². The van der Waals surface area contributed by atoms with Gasteiger partial charge in [0.25, 0.3) is 5.91 Å². The molecule has 1 aliphatic heterocycles. The van der Waals surface area contributed by atoms with E-state index in [2.05, 4.69) is 15.2 Å². The summed E-state index contributed by atoms with van der Waals surface area (Å²) in [5, 5.41) is 3.61. The molecule has 1 N–H and O–H groups in total. The van der Waals surface area contributed by atoms with Gasteiger partial charge >= 0.3 is 0 Å². The molecule has 22 heavy (non-hydrogen) atoms. The highest BCUT2D eigenvalue weighted by atomic mass is 35.5. The van der Waals surface area contributed by atoms with E-state index < -0.39 is 0 Å². The maximum absolute atomic E-state index is 12.2. The molecule has 0 atom stereocenters. The Labute approximate surface area is 139 Å². The molecule has 1 saturated heterocycles. The molecule has 1 fully saturated rings. The maximum atomic E-state index is 12.2. The third-order valence-corrected chi connectivity index (χ3v) is 4.37. The van der Waals surface area contributed by atoms with Crippen LogP contribution in [0, 0.1) is 0 Å². The molecule has 2 aromatic rings. The highest BCUT2D eigenvalue weighted by Crippen LogP contribution is 2.25. The summed E-state index contributed by atoms with van der Waals surface area (Å²) in [4.78, 5) is 18.7. The van der Waals surface area contributed by atoms with E-state index in [0.717, 1.165) is 18.8 Å². The van der Waals surface area contributed by atoms with Gasteiger partial charge < -0.3 is 10.2 Å². The molecule has 0 aliphatic carbocycles. The summed E-state index contributed by atoms with van der Waals surface area (Å²) in [5.74, 6) is -0.272. The quantitative estimate of drug-likeness (QED) is 0.912. The van der Waals surface area contributed by atoms with Crippen LogP contribution in [0.1, 0.15) is 23.3 Å². The fourth-order valence-corrected chi connectivity index (χ4v) is 2.75. The van der Waals surface area contributed by atoms with E-state index in [9.17, 15) is 4.79 Å². The largest absolute Gasteiger partial charge is 0.370 e. The number of rotatable bonds is 3. The van der Waals surface area contributed by atoms with E-state index in [1.165, 1.54) is 12.8 Å². The van der Waals surface area contributed by atoms with E-state index in [1.807, 2.05) is 6.07 Å². The van der Waals surface area contributed by atoms with Gasteiger partial charge in [-0.3, -0.25) is 4.79 Å². The maximum Gasteiger partial charge on any atom is 0.274 e. The van der Waals surface area contributed by atoms with E-state index >= 15 is 0 Å². The number of amides is 1. The van der Waals surface area contributed by atoms with Gasteiger partial charge in [0, 0.05) is 18.8 Å². The Morgan fingerprint density at radius 1 is 1.09 bits per heavy atom. The predicted molar refractivity (Wildman–Crippen MR) is 90.1 cm³/mol. The number of aromatic nitrogens is 1. The normalized spacial score (nSPS) is 14.2. The standard InChI is InChI=1S/C16H15Cl2N3O/c17-13-5-3-11(9-14(13)18)20-16(22)15-6-4-12(10-19-15)21-7-1-2-8-21/h3-6,9-10H,1-2,7-8H2,(H,20,22). The topological polar surface area (TPSA) is 45.2 Å². The highest BCUT2D eigenvalue weighted by molar-refractivity contribution is 6.42. The van der Waals surface area contributed by atoms with E-state index in [-0.39, 0.29) is 5.91 Å². The van der Waals surface area contributed by atoms with Crippen molar-refractivity contribution >= 4 is 40.5 Å². The van der Waals surface area contributed by atoms with Gasteiger partial charge in [0.2, 0.25) is 0 Å². The molecule has 114 valence electrons. The SMILES string of the molecule is O=C(Nc1ccc(Cl)c(Cl)c1)c1ccc(N2CCCC2)cn1. The summed E-state index contributed by atoms with van der Waals surface area (Å²) in [6.45, 7) is 2.10. The third kappa shape index (κ3) is 3.34. The van der Waals surface area contributed by atoms with Gasteiger partial charge in [-0.05, 0) is 43.2 Å². The van der Waals surface area contributed by atoms with Crippen molar-refractivity contribution in [3.8, 4) is 0 Å². The number of benzene rings is 1. The zero-order chi connectivity index (χ0) is 15.5. The lowest BCUT2D eigenvalue weighted by Crippen LogP contribution is -2.19. The van der Waals surface area contributed by atoms with Gasteiger partial charge in [-0.15, -0.1) is 0 Å². The fourth-order valence-electron chi connectivity index (χ4n) is 2.45. The number of nitrogens with zero attached hydrogens (tertiary/aromatic N) is 2. The van der Waals surface area contributed by atoms with E-state index in [0.29, 0.717) is 21.4 Å². The minimum atomic E-state index is -0.272. The zero-order valence-electron chi connectivity index (χ0n) is 11.9. The second-order valence-corrected chi connectivity index (χ2v) is 5.99. The number of pyridine rings is 1. The first-order chi connectivity index (χ1) is 10.6. The van der Waals surface area contributed by atoms with Crippen LogP contribution >= 0.6 is 23.2 Å². The molecule has 0 unspecified atom stereocenters. The van der Waals surface area contributed by atoms with Crippen LogP contribution in [0.4, 0.5) is 11.4 Å². The van der Waals surface area contributed by atoms with Gasteiger partial charge in [-0.1, -0.05) is 23.2 Å². The lowest BCUT2D eigenvalue weighted by molar-refractivity contribution is 0.102. The number of carbonyl (C=O) groups is 1. The summed E-state index contributed by atoms with van der Waals surface area (Å²) in [6, 6.07) is 8.62. The second-order valence-electron chi connectivity index (χ2n) is 5.18. The minimum Gasteiger partial charge on any atom is -0.370 e. The molecule has 6 heteroatoms. The monoisotopic (exact) mass is 335 g/mol. The fraction of sp³-hybridized carbons (Fsp3) is 0.250. The minimum absolute atomic E-state index is 0.272. The number of anilines is 2.